The van der Waals surface area contributed by atoms with E-state index in [0.717, 1.165) is 23.6 Å². The van der Waals surface area contributed by atoms with Gasteiger partial charge in [-0.05, 0) is 18.4 Å². The summed E-state index contributed by atoms with van der Waals surface area (Å²) in [5.41, 5.74) is 0.827. The highest BCUT2D eigenvalue weighted by Gasteiger charge is 2.10. The highest BCUT2D eigenvalue weighted by molar-refractivity contribution is 7.10. The summed E-state index contributed by atoms with van der Waals surface area (Å²) >= 11 is 1.09. The molecule has 2 aromatic heterocycles. The molecule has 2 rings (SSSR count). The molecule has 2 N–H and O–H groups in total. The summed E-state index contributed by atoms with van der Waals surface area (Å²) < 4.78 is 3.65. The van der Waals surface area contributed by atoms with Crippen LogP contribution in [0.4, 0.5) is 5.00 Å². The van der Waals surface area contributed by atoms with Crippen molar-refractivity contribution in [3.05, 3.63) is 39.9 Å². The van der Waals surface area contributed by atoms with Crippen LogP contribution >= 0.6 is 11.5 Å². The molecule has 0 saturated heterocycles. The molecule has 0 atom stereocenters. The Morgan fingerprint density at radius 3 is 2.89 bits per heavy atom. The first-order valence-corrected chi connectivity index (χ1v) is 6.64. The number of aromatic nitrogens is 3. The monoisotopic (exact) mass is 278 g/mol. The van der Waals surface area contributed by atoms with Gasteiger partial charge in [0, 0.05) is 28.9 Å². The second-order valence-corrected chi connectivity index (χ2v) is 5.38. The molecule has 1 amide bonds. The van der Waals surface area contributed by atoms with Gasteiger partial charge in [0.1, 0.15) is 5.00 Å². The molecule has 100 valence electrons. The average Bonchev–Trinajstić information content (AvgIpc) is 2.80. The minimum atomic E-state index is -0.331. The summed E-state index contributed by atoms with van der Waals surface area (Å²) in [6.07, 6.45) is 2.18. The largest absolute Gasteiger partial charge is 0.326 e. The molecule has 0 bridgehead atoms. The average molecular weight is 278 g/mol. The van der Waals surface area contributed by atoms with E-state index in [1.165, 1.54) is 12.3 Å². The summed E-state index contributed by atoms with van der Waals surface area (Å²) in [7, 11) is 0. The number of rotatable bonds is 4. The SMILES string of the molecule is CC(C)Cc1cc(C(=O)Nc2cnns2)cc(=O)[nH]1. The van der Waals surface area contributed by atoms with E-state index in [1.807, 2.05) is 13.8 Å². The van der Waals surface area contributed by atoms with Crippen molar-refractivity contribution in [3.63, 3.8) is 0 Å². The number of pyridine rings is 1. The van der Waals surface area contributed by atoms with Gasteiger partial charge >= 0.3 is 0 Å². The van der Waals surface area contributed by atoms with Crippen molar-refractivity contribution < 1.29 is 4.79 Å². The van der Waals surface area contributed by atoms with E-state index >= 15 is 0 Å². The number of nitrogens with zero attached hydrogens (tertiary/aromatic N) is 2. The van der Waals surface area contributed by atoms with Gasteiger partial charge in [-0.15, -0.1) is 5.10 Å². The van der Waals surface area contributed by atoms with Gasteiger partial charge in [0.15, 0.2) is 0 Å². The maximum atomic E-state index is 12.0. The van der Waals surface area contributed by atoms with Crippen molar-refractivity contribution in [2.24, 2.45) is 5.92 Å². The molecule has 0 aromatic carbocycles. The Hall–Kier alpha value is -2.02. The lowest BCUT2D eigenvalue weighted by Gasteiger charge is -2.07. The first-order valence-electron chi connectivity index (χ1n) is 5.86. The van der Waals surface area contributed by atoms with Gasteiger partial charge in [0.25, 0.3) is 5.91 Å². The number of hydrogen-bond acceptors (Lipinski definition) is 5. The van der Waals surface area contributed by atoms with E-state index in [0.29, 0.717) is 16.5 Å². The summed E-state index contributed by atoms with van der Waals surface area (Å²) in [5.74, 6) is 0.0711. The molecule has 6 nitrogen and oxygen atoms in total. The molecule has 0 saturated carbocycles. The number of carbonyl (C=O) groups excluding carboxylic acids is 1. The molecule has 0 aliphatic carbocycles. The zero-order valence-corrected chi connectivity index (χ0v) is 11.5. The quantitative estimate of drug-likeness (QED) is 0.890. The van der Waals surface area contributed by atoms with Gasteiger partial charge in [-0.1, -0.05) is 18.3 Å². The van der Waals surface area contributed by atoms with Crippen LogP contribution in [0.5, 0.6) is 0 Å². The normalized spacial score (nSPS) is 10.7. The van der Waals surface area contributed by atoms with Gasteiger partial charge < -0.3 is 10.3 Å². The second kappa shape index (κ2) is 5.75. The van der Waals surface area contributed by atoms with E-state index in [9.17, 15) is 9.59 Å². The highest BCUT2D eigenvalue weighted by Crippen LogP contribution is 2.12. The number of nitrogens with one attached hydrogen (secondary N) is 2. The molecular formula is C12H14N4O2S. The first-order chi connectivity index (χ1) is 9.04. The molecule has 0 unspecified atom stereocenters. The number of anilines is 1. The van der Waals surface area contributed by atoms with Crippen molar-refractivity contribution in [2.45, 2.75) is 20.3 Å². The first kappa shape index (κ1) is 13.4. The van der Waals surface area contributed by atoms with E-state index in [4.69, 9.17) is 0 Å². The summed E-state index contributed by atoms with van der Waals surface area (Å²) in [6.45, 7) is 4.10. The molecule has 0 aliphatic rings. The van der Waals surface area contributed by atoms with Crippen molar-refractivity contribution in [1.29, 1.82) is 0 Å². The van der Waals surface area contributed by atoms with Crippen LogP contribution in [0.1, 0.15) is 29.9 Å². The van der Waals surface area contributed by atoms with Crippen LogP contribution in [-0.2, 0) is 6.42 Å². The Morgan fingerprint density at radius 2 is 2.26 bits per heavy atom. The van der Waals surface area contributed by atoms with E-state index in [2.05, 4.69) is 19.9 Å². The summed E-state index contributed by atoms with van der Waals surface area (Å²) in [6, 6.07) is 2.98. The Labute approximate surface area is 114 Å². The number of aromatic amines is 1. The fraction of sp³-hybridized carbons (Fsp3) is 0.333. The standard InChI is InChI=1S/C12H14N4O2S/c1-7(2)3-9-4-8(5-10(17)14-9)12(18)15-11-6-13-16-19-11/h4-7H,3H2,1-2H3,(H,14,17)(H,15,18). The zero-order chi connectivity index (χ0) is 13.8. The fourth-order valence-corrected chi connectivity index (χ4v) is 2.10. The number of H-pyrrole nitrogens is 1. The predicted molar refractivity (Wildman–Crippen MR) is 73.5 cm³/mol. The number of amides is 1. The summed E-state index contributed by atoms with van der Waals surface area (Å²) in [4.78, 5) is 26.3. The lowest BCUT2D eigenvalue weighted by molar-refractivity contribution is 0.102. The van der Waals surface area contributed by atoms with Crippen LogP contribution in [-0.4, -0.2) is 20.5 Å². The minimum Gasteiger partial charge on any atom is -0.326 e. The predicted octanol–water partition coefficient (Wildman–Crippen LogP) is 1.68. The number of hydrogen-bond donors (Lipinski definition) is 2. The van der Waals surface area contributed by atoms with Crippen LogP contribution < -0.4 is 10.9 Å². The molecule has 19 heavy (non-hydrogen) atoms. The van der Waals surface area contributed by atoms with Crippen molar-refractivity contribution in [3.8, 4) is 0 Å². The van der Waals surface area contributed by atoms with Gasteiger partial charge in [-0.25, -0.2) is 0 Å². The van der Waals surface area contributed by atoms with Gasteiger partial charge in [0.2, 0.25) is 5.56 Å². The minimum absolute atomic E-state index is 0.272. The Morgan fingerprint density at radius 1 is 1.47 bits per heavy atom. The number of carbonyl (C=O) groups is 1. The third kappa shape index (κ3) is 3.72. The smallest absolute Gasteiger partial charge is 0.256 e. The third-order valence-corrected chi connectivity index (χ3v) is 2.97. The van der Waals surface area contributed by atoms with Gasteiger partial charge in [0.05, 0.1) is 6.20 Å². The van der Waals surface area contributed by atoms with Gasteiger partial charge in [-0.2, -0.15) is 0 Å². The molecule has 2 aromatic rings. The van der Waals surface area contributed by atoms with Crippen molar-refractivity contribution in [2.75, 3.05) is 5.32 Å². The van der Waals surface area contributed by atoms with Gasteiger partial charge in [-0.3, -0.25) is 9.59 Å². The molecular weight excluding hydrogens is 264 g/mol. The Bertz CT molecular complexity index is 619. The summed E-state index contributed by atoms with van der Waals surface area (Å²) in [5, 5.41) is 6.83. The molecule has 7 heteroatoms. The van der Waals surface area contributed by atoms with E-state index in [1.54, 1.807) is 6.07 Å². The van der Waals surface area contributed by atoms with Crippen LogP contribution in [0.3, 0.4) is 0 Å². The maximum Gasteiger partial charge on any atom is 0.256 e. The van der Waals surface area contributed by atoms with Crippen LogP contribution in [0, 0.1) is 5.92 Å². The third-order valence-electron chi connectivity index (χ3n) is 2.39. The molecule has 0 spiro atoms. The highest BCUT2D eigenvalue weighted by atomic mass is 32.1. The topological polar surface area (TPSA) is 87.7 Å². The molecule has 2 heterocycles. The maximum absolute atomic E-state index is 12.0. The lowest BCUT2D eigenvalue weighted by Crippen LogP contribution is -2.17. The van der Waals surface area contributed by atoms with Crippen LogP contribution in [0.15, 0.2) is 23.1 Å². The van der Waals surface area contributed by atoms with E-state index in [-0.39, 0.29) is 11.5 Å². The zero-order valence-electron chi connectivity index (χ0n) is 10.6. The molecule has 0 radical (unpaired) electrons. The lowest BCUT2D eigenvalue weighted by atomic mass is 10.1. The van der Waals surface area contributed by atoms with Crippen LogP contribution in [0.25, 0.3) is 0 Å². The molecule has 0 fully saturated rings. The molecule has 0 aliphatic heterocycles. The van der Waals surface area contributed by atoms with Crippen LogP contribution in [0.2, 0.25) is 0 Å². The second-order valence-electron chi connectivity index (χ2n) is 4.59. The fourth-order valence-electron chi connectivity index (χ4n) is 1.69. The Balaban J connectivity index is 2.21. The Kier molecular flexibility index (Phi) is 4.06. The van der Waals surface area contributed by atoms with Crippen molar-refractivity contribution >= 4 is 22.4 Å². The van der Waals surface area contributed by atoms with Crippen molar-refractivity contribution in [1.82, 2.24) is 14.6 Å². The van der Waals surface area contributed by atoms with E-state index < -0.39 is 0 Å².